The Kier molecular flexibility index (Phi) is 4.01. The zero-order valence-electron chi connectivity index (χ0n) is 12.7. The van der Waals surface area contributed by atoms with Gasteiger partial charge in [0.15, 0.2) is 0 Å². The van der Waals surface area contributed by atoms with Gasteiger partial charge in [0.2, 0.25) is 0 Å². The number of rotatable bonds is 4. The zero-order valence-corrected chi connectivity index (χ0v) is 12.7. The maximum absolute atomic E-state index is 9.07. The summed E-state index contributed by atoms with van der Waals surface area (Å²) in [6.07, 6.45) is 1.92. The first kappa shape index (κ1) is 14.8. The van der Waals surface area contributed by atoms with Crippen molar-refractivity contribution in [3.63, 3.8) is 0 Å². The lowest BCUT2D eigenvalue weighted by Gasteiger charge is -2.21. The Labute approximate surface area is 120 Å². The summed E-state index contributed by atoms with van der Waals surface area (Å²) in [5.41, 5.74) is 9.72. The average Bonchev–Trinajstić information content (AvgIpc) is 2.68. The summed E-state index contributed by atoms with van der Waals surface area (Å²) in [5, 5.41) is 9.07. The van der Waals surface area contributed by atoms with Crippen molar-refractivity contribution in [3.05, 3.63) is 29.7 Å². The van der Waals surface area contributed by atoms with Crippen LogP contribution in [0.1, 0.15) is 32.2 Å². The Morgan fingerprint density at radius 3 is 2.65 bits per heavy atom. The van der Waals surface area contributed by atoms with E-state index >= 15 is 0 Å². The lowest BCUT2D eigenvalue weighted by molar-refractivity contribution is 0.215. The fraction of sp³-hybridized carbons (Fsp3) is 0.533. The minimum atomic E-state index is -0.0316. The molecule has 0 unspecified atom stereocenters. The molecule has 0 saturated carbocycles. The highest BCUT2D eigenvalue weighted by Gasteiger charge is 2.24. The second-order valence-electron chi connectivity index (χ2n) is 6.31. The van der Waals surface area contributed by atoms with Gasteiger partial charge in [-0.3, -0.25) is 4.90 Å². The van der Waals surface area contributed by atoms with Crippen LogP contribution in [0.5, 0.6) is 0 Å². The van der Waals surface area contributed by atoms with Gasteiger partial charge in [-0.05, 0) is 19.2 Å². The Balaban J connectivity index is 2.54. The third kappa shape index (κ3) is 2.94. The molecule has 0 radical (unpaired) electrons. The number of pyridine rings is 1. The Bertz CT molecular complexity index is 598. The Hall–Kier alpha value is -1.59. The lowest BCUT2D eigenvalue weighted by atomic mass is 9.90. The van der Waals surface area contributed by atoms with Crippen LogP contribution in [0, 0.1) is 0 Å². The van der Waals surface area contributed by atoms with E-state index in [1.54, 1.807) is 0 Å². The van der Waals surface area contributed by atoms with Crippen molar-refractivity contribution in [1.82, 2.24) is 14.3 Å². The number of likely N-dealkylation sites (N-methyl/N-ethyl adjacent to an activating group) is 1. The van der Waals surface area contributed by atoms with Gasteiger partial charge in [-0.25, -0.2) is 4.98 Å². The van der Waals surface area contributed by atoms with E-state index in [0.29, 0.717) is 6.54 Å². The number of aliphatic hydroxyl groups excluding tert-OH is 1. The van der Waals surface area contributed by atoms with E-state index in [0.717, 1.165) is 29.3 Å². The van der Waals surface area contributed by atoms with E-state index < -0.39 is 0 Å². The Morgan fingerprint density at radius 1 is 1.35 bits per heavy atom. The van der Waals surface area contributed by atoms with E-state index in [1.165, 1.54) is 0 Å². The molecule has 2 rings (SSSR count). The van der Waals surface area contributed by atoms with Gasteiger partial charge in [-0.2, -0.15) is 0 Å². The molecule has 5 nitrogen and oxygen atoms in total. The molecule has 5 heteroatoms. The molecule has 0 bridgehead atoms. The SMILES string of the molecule is CN(CCO)Cc1c(C(C)(C)C)nc2ccc(N)cn12. The molecule has 0 aliphatic rings. The smallest absolute Gasteiger partial charge is 0.137 e. The van der Waals surface area contributed by atoms with Crippen LogP contribution < -0.4 is 5.73 Å². The average molecular weight is 276 g/mol. The molecule has 0 amide bonds. The monoisotopic (exact) mass is 276 g/mol. The molecule has 0 saturated heterocycles. The highest BCUT2D eigenvalue weighted by atomic mass is 16.3. The summed E-state index contributed by atoms with van der Waals surface area (Å²) in [5.74, 6) is 0. The van der Waals surface area contributed by atoms with Crippen LogP contribution >= 0.6 is 0 Å². The number of nitrogen functional groups attached to an aromatic ring is 1. The fourth-order valence-electron chi connectivity index (χ4n) is 2.37. The van der Waals surface area contributed by atoms with Gasteiger partial charge in [0, 0.05) is 30.4 Å². The number of hydrogen-bond donors (Lipinski definition) is 2. The maximum Gasteiger partial charge on any atom is 0.137 e. The van der Waals surface area contributed by atoms with Crippen LogP contribution in [-0.4, -0.2) is 39.6 Å². The number of anilines is 1. The molecule has 2 heterocycles. The molecular formula is C15H24N4O. The zero-order chi connectivity index (χ0) is 14.9. The number of aliphatic hydroxyl groups is 1. The molecule has 2 aromatic heterocycles. The molecule has 0 aliphatic carbocycles. The highest BCUT2D eigenvalue weighted by molar-refractivity contribution is 5.51. The lowest BCUT2D eigenvalue weighted by Crippen LogP contribution is -2.25. The first-order valence-corrected chi connectivity index (χ1v) is 6.89. The number of aromatic nitrogens is 2. The summed E-state index contributed by atoms with van der Waals surface area (Å²) < 4.78 is 2.06. The molecule has 0 atom stereocenters. The van der Waals surface area contributed by atoms with Crippen LogP contribution in [0.15, 0.2) is 18.3 Å². The highest BCUT2D eigenvalue weighted by Crippen LogP contribution is 2.27. The van der Waals surface area contributed by atoms with Crippen molar-refractivity contribution in [2.45, 2.75) is 32.7 Å². The molecule has 110 valence electrons. The summed E-state index contributed by atoms with van der Waals surface area (Å²) in [7, 11) is 1.99. The second-order valence-corrected chi connectivity index (χ2v) is 6.31. The quantitative estimate of drug-likeness (QED) is 0.891. The summed E-state index contributed by atoms with van der Waals surface area (Å²) >= 11 is 0. The third-order valence-electron chi connectivity index (χ3n) is 3.35. The number of nitrogens with two attached hydrogens (primary N) is 1. The molecule has 0 aromatic carbocycles. The van der Waals surface area contributed by atoms with Crippen molar-refractivity contribution < 1.29 is 5.11 Å². The minimum Gasteiger partial charge on any atom is -0.398 e. The molecule has 2 aromatic rings. The second kappa shape index (κ2) is 5.42. The number of nitrogens with zero attached hydrogens (tertiary/aromatic N) is 3. The van der Waals surface area contributed by atoms with Crippen LogP contribution in [-0.2, 0) is 12.0 Å². The largest absolute Gasteiger partial charge is 0.398 e. The van der Waals surface area contributed by atoms with Crippen molar-refractivity contribution in [2.24, 2.45) is 0 Å². The van der Waals surface area contributed by atoms with Gasteiger partial charge in [-0.15, -0.1) is 0 Å². The van der Waals surface area contributed by atoms with Gasteiger partial charge in [0.1, 0.15) is 5.65 Å². The van der Waals surface area contributed by atoms with Crippen molar-refractivity contribution in [1.29, 1.82) is 0 Å². The number of hydrogen-bond acceptors (Lipinski definition) is 4. The van der Waals surface area contributed by atoms with E-state index in [1.807, 2.05) is 25.4 Å². The van der Waals surface area contributed by atoms with Gasteiger partial charge in [-0.1, -0.05) is 20.8 Å². The van der Waals surface area contributed by atoms with Crippen LogP contribution in [0.25, 0.3) is 5.65 Å². The van der Waals surface area contributed by atoms with Crippen LogP contribution in [0.2, 0.25) is 0 Å². The molecule has 0 fully saturated rings. The topological polar surface area (TPSA) is 66.8 Å². The predicted molar refractivity (Wildman–Crippen MR) is 81.7 cm³/mol. The number of imidazole rings is 1. The first-order valence-electron chi connectivity index (χ1n) is 6.89. The molecular weight excluding hydrogens is 252 g/mol. The van der Waals surface area contributed by atoms with E-state index in [2.05, 4.69) is 30.1 Å². The number of fused-ring (bicyclic) bond motifs is 1. The van der Waals surface area contributed by atoms with Crippen LogP contribution in [0.3, 0.4) is 0 Å². The van der Waals surface area contributed by atoms with Gasteiger partial charge < -0.3 is 15.2 Å². The molecule has 20 heavy (non-hydrogen) atoms. The normalized spacial score (nSPS) is 12.5. The summed E-state index contributed by atoms with van der Waals surface area (Å²) in [4.78, 5) is 6.84. The summed E-state index contributed by atoms with van der Waals surface area (Å²) in [6.45, 7) is 8.01. The van der Waals surface area contributed by atoms with Gasteiger partial charge in [0.25, 0.3) is 0 Å². The van der Waals surface area contributed by atoms with Crippen molar-refractivity contribution >= 4 is 11.3 Å². The molecule has 0 spiro atoms. The summed E-state index contributed by atoms with van der Waals surface area (Å²) in [6, 6.07) is 3.82. The molecule has 3 N–H and O–H groups in total. The van der Waals surface area contributed by atoms with E-state index in [9.17, 15) is 0 Å². The molecule has 0 aliphatic heterocycles. The van der Waals surface area contributed by atoms with Crippen molar-refractivity contribution in [3.8, 4) is 0 Å². The predicted octanol–water partition coefficient (Wildman–Crippen LogP) is 1.64. The van der Waals surface area contributed by atoms with E-state index in [4.69, 9.17) is 15.8 Å². The van der Waals surface area contributed by atoms with E-state index in [-0.39, 0.29) is 12.0 Å². The first-order chi connectivity index (χ1) is 9.32. The third-order valence-corrected chi connectivity index (χ3v) is 3.35. The Morgan fingerprint density at radius 2 is 2.05 bits per heavy atom. The van der Waals surface area contributed by atoms with Gasteiger partial charge in [0.05, 0.1) is 18.0 Å². The minimum absolute atomic E-state index is 0.0316. The fourth-order valence-corrected chi connectivity index (χ4v) is 2.37. The van der Waals surface area contributed by atoms with Crippen molar-refractivity contribution in [2.75, 3.05) is 25.9 Å². The van der Waals surface area contributed by atoms with Crippen LogP contribution in [0.4, 0.5) is 5.69 Å². The van der Waals surface area contributed by atoms with Gasteiger partial charge >= 0.3 is 0 Å². The maximum atomic E-state index is 9.07. The standard InChI is InChI=1S/C15H24N4O/c1-15(2,3)14-12(10-18(4)7-8-20)19-9-11(16)5-6-13(19)17-14/h5-6,9,20H,7-8,10,16H2,1-4H3.